The maximum Gasteiger partial charge on any atom is 0.308 e. The van der Waals surface area contributed by atoms with Crippen molar-refractivity contribution in [3.8, 4) is 0 Å². The van der Waals surface area contributed by atoms with Crippen molar-refractivity contribution >= 4 is 28.7 Å². The lowest BCUT2D eigenvalue weighted by Crippen LogP contribution is -2.58. The second-order valence-corrected chi connectivity index (χ2v) is 8.17. The lowest BCUT2D eigenvalue weighted by molar-refractivity contribution is -0.141. The van der Waals surface area contributed by atoms with Gasteiger partial charge in [0.15, 0.2) is 5.69 Å². The molecule has 9 heteroatoms. The van der Waals surface area contributed by atoms with Crippen LogP contribution in [0.4, 0.5) is 0 Å². The predicted octanol–water partition coefficient (Wildman–Crippen LogP) is 2.06. The van der Waals surface area contributed by atoms with Crippen LogP contribution in [-0.4, -0.2) is 50.2 Å². The fraction of sp³-hybridized carbons (Fsp3) is 0.348. The van der Waals surface area contributed by atoms with Gasteiger partial charge in [0.2, 0.25) is 5.91 Å². The van der Waals surface area contributed by atoms with E-state index in [4.69, 9.17) is 0 Å². The third-order valence-electron chi connectivity index (χ3n) is 5.99. The number of H-pyrrole nitrogens is 1. The van der Waals surface area contributed by atoms with Gasteiger partial charge in [-0.15, -0.1) is 0 Å². The van der Waals surface area contributed by atoms with Gasteiger partial charge in [0.05, 0.1) is 11.4 Å². The summed E-state index contributed by atoms with van der Waals surface area (Å²) in [6.45, 7) is -0.0357. The van der Waals surface area contributed by atoms with E-state index in [2.05, 4.69) is 25.8 Å². The third-order valence-corrected chi connectivity index (χ3v) is 5.99. The van der Waals surface area contributed by atoms with E-state index in [-0.39, 0.29) is 24.6 Å². The van der Waals surface area contributed by atoms with Crippen LogP contribution in [0.3, 0.4) is 0 Å². The molecule has 4 N–H and O–H groups in total. The standard InChI is InChI=1S/C23H25N5O4/c29-20(19-17-7-1-2-8-18(17)27-28-19)26-23(9-3-4-10-23)22(32)25-14-16(21(30)31)12-15-6-5-11-24-13-15/h1-2,5-8,11,13,16H,3-4,9-10,12,14H2,(H,25,32)(H,26,29)(H,27,28)(H,30,31). The number of carbonyl (C=O) groups is 3. The maximum absolute atomic E-state index is 13.2. The van der Waals surface area contributed by atoms with Crippen LogP contribution in [0.25, 0.3) is 10.9 Å². The van der Waals surface area contributed by atoms with Crippen molar-refractivity contribution in [1.82, 2.24) is 25.8 Å². The highest BCUT2D eigenvalue weighted by Gasteiger charge is 2.43. The van der Waals surface area contributed by atoms with Crippen molar-refractivity contribution in [2.24, 2.45) is 5.92 Å². The van der Waals surface area contributed by atoms with Gasteiger partial charge in [0, 0.05) is 24.3 Å². The van der Waals surface area contributed by atoms with Crippen LogP contribution in [0.5, 0.6) is 0 Å². The molecule has 32 heavy (non-hydrogen) atoms. The number of aromatic amines is 1. The number of nitrogens with zero attached hydrogens (tertiary/aromatic N) is 2. The van der Waals surface area contributed by atoms with Gasteiger partial charge in [-0.1, -0.05) is 37.1 Å². The monoisotopic (exact) mass is 435 g/mol. The Bertz CT molecular complexity index is 1120. The Morgan fingerprint density at radius 1 is 1.12 bits per heavy atom. The van der Waals surface area contributed by atoms with Crippen LogP contribution in [0.2, 0.25) is 0 Å². The van der Waals surface area contributed by atoms with Gasteiger partial charge >= 0.3 is 5.97 Å². The van der Waals surface area contributed by atoms with E-state index in [0.717, 1.165) is 23.9 Å². The summed E-state index contributed by atoms with van der Waals surface area (Å²) in [6, 6.07) is 10.8. The van der Waals surface area contributed by atoms with E-state index in [1.807, 2.05) is 18.2 Å². The number of hydrogen-bond donors (Lipinski definition) is 4. The Hall–Kier alpha value is -3.75. The number of amides is 2. The Morgan fingerprint density at radius 2 is 1.91 bits per heavy atom. The van der Waals surface area contributed by atoms with Gasteiger partial charge in [-0.25, -0.2) is 0 Å². The number of para-hydroxylation sites is 1. The molecule has 0 bridgehead atoms. The molecule has 1 atom stereocenters. The Labute approximate surface area is 184 Å². The minimum atomic E-state index is -1.07. The van der Waals surface area contributed by atoms with Gasteiger partial charge < -0.3 is 15.7 Å². The van der Waals surface area contributed by atoms with Crippen LogP contribution in [0.15, 0.2) is 48.8 Å². The van der Waals surface area contributed by atoms with Gasteiger partial charge in [-0.05, 0) is 37.0 Å². The van der Waals surface area contributed by atoms with Gasteiger partial charge in [-0.3, -0.25) is 24.5 Å². The molecule has 4 rings (SSSR count). The summed E-state index contributed by atoms with van der Waals surface area (Å²) in [6.07, 6.45) is 6.07. The van der Waals surface area contributed by atoms with E-state index in [0.29, 0.717) is 18.2 Å². The minimum Gasteiger partial charge on any atom is -0.481 e. The molecule has 0 spiro atoms. The summed E-state index contributed by atoms with van der Waals surface area (Å²) in [4.78, 5) is 41.9. The first-order chi connectivity index (χ1) is 15.5. The molecule has 1 aliphatic rings. The van der Waals surface area contributed by atoms with E-state index < -0.39 is 23.3 Å². The molecule has 1 fully saturated rings. The molecule has 2 amide bonds. The molecule has 0 radical (unpaired) electrons. The van der Waals surface area contributed by atoms with Gasteiger partial charge in [0.25, 0.3) is 5.91 Å². The highest BCUT2D eigenvalue weighted by molar-refractivity contribution is 6.06. The first-order valence-corrected chi connectivity index (χ1v) is 10.6. The predicted molar refractivity (Wildman–Crippen MR) is 117 cm³/mol. The highest BCUT2D eigenvalue weighted by atomic mass is 16.4. The van der Waals surface area contributed by atoms with Crippen LogP contribution in [-0.2, 0) is 16.0 Å². The summed E-state index contributed by atoms with van der Waals surface area (Å²) in [5.74, 6) is -2.58. The number of aromatic nitrogens is 3. The van der Waals surface area contributed by atoms with E-state index in [1.54, 1.807) is 30.6 Å². The molecule has 1 aromatic carbocycles. The van der Waals surface area contributed by atoms with E-state index >= 15 is 0 Å². The Balaban J connectivity index is 1.46. The quantitative estimate of drug-likeness (QED) is 0.427. The molecular formula is C23H25N5O4. The molecule has 2 heterocycles. The lowest BCUT2D eigenvalue weighted by atomic mass is 9.94. The number of carbonyl (C=O) groups excluding carboxylic acids is 2. The Morgan fingerprint density at radius 3 is 2.62 bits per heavy atom. The zero-order valence-electron chi connectivity index (χ0n) is 17.5. The smallest absolute Gasteiger partial charge is 0.308 e. The van der Waals surface area contributed by atoms with Crippen LogP contribution in [0, 0.1) is 5.92 Å². The second kappa shape index (κ2) is 9.17. The van der Waals surface area contributed by atoms with Crippen LogP contribution >= 0.6 is 0 Å². The van der Waals surface area contributed by atoms with Crippen LogP contribution in [0.1, 0.15) is 41.7 Å². The molecule has 0 aliphatic heterocycles. The number of aliphatic carboxylic acids is 1. The molecule has 9 nitrogen and oxygen atoms in total. The molecule has 1 saturated carbocycles. The molecule has 1 aliphatic carbocycles. The second-order valence-electron chi connectivity index (χ2n) is 8.17. The number of hydrogen-bond acceptors (Lipinski definition) is 5. The molecule has 3 aromatic rings. The maximum atomic E-state index is 13.2. The van der Waals surface area contributed by atoms with Crippen molar-refractivity contribution in [3.63, 3.8) is 0 Å². The molecule has 1 unspecified atom stereocenters. The normalized spacial score (nSPS) is 15.9. The summed E-state index contributed by atoms with van der Waals surface area (Å²) < 4.78 is 0. The summed E-state index contributed by atoms with van der Waals surface area (Å²) in [5.41, 5.74) is 0.680. The number of carboxylic acids is 1. The zero-order valence-corrected chi connectivity index (χ0v) is 17.5. The first-order valence-electron chi connectivity index (χ1n) is 10.6. The fourth-order valence-corrected chi connectivity index (χ4v) is 4.24. The van der Waals surface area contributed by atoms with E-state index in [1.165, 1.54) is 0 Å². The number of nitrogens with one attached hydrogen (secondary N) is 3. The number of carboxylic acid groups (broad SMARTS) is 1. The average molecular weight is 435 g/mol. The van der Waals surface area contributed by atoms with E-state index in [9.17, 15) is 19.5 Å². The number of fused-ring (bicyclic) bond motifs is 1. The molecule has 2 aromatic heterocycles. The zero-order chi connectivity index (χ0) is 22.6. The van der Waals surface area contributed by atoms with Crippen molar-refractivity contribution in [3.05, 3.63) is 60.0 Å². The van der Waals surface area contributed by atoms with Crippen molar-refractivity contribution in [2.45, 2.75) is 37.6 Å². The molecule has 166 valence electrons. The molecule has 0 saturated heterocycles. The number of benzene rings is 1. The minimum absolute atomic E-state index is 0.0357. The van der Waals surface area contributed by atoms with Crippen molar-refractivity contribution in [1.29, 1.82) is 0 Å². The Kier molecular flexibility index (Phi) is 6.16. The average Bonchev–Trinajstić information content (AvgIpc) is 3.45. The summed E-state index contributed by atoms with van der Waals surface area (Å²) in [5, 5.41) is 22.9. The number of rotatable bonds is 8. The van der Waals surface area contributed by atoms with Crippen LogP contribution < -0.4 is 10.6 Å². The summed E-state index contributed by atoms with van der Waals surface area (Å²) in [7, 11) is 0. The fourth-order valence-electron chi connectivity index (χ4n) is 4.24. The molecular weight excluding hydrogens is 410 g/mol. The van der Waals surface area contributed by atoms with Crippen molar-refractivity contribution in [2.75, 3.05) is 6.54 Å². The topological polar surface area (TPSA) is 137 Å². The van der Waals surface area contributed by atoms with Gasteiger partial charge in [-0.2, -0.15) is 5.10 Å². The number of pyridine rings is 1. The SMILES string of the molecule is O=C(NC1(C(=O)NCC(Cc2cccnc2)C(=O)O)CCCC1)c1n[nH]c2ccccc12. The van der Waals surface area contributed by atoms with Crippen molar-refractivity contribution < 1.29 is 19.5 Å². The largest absolute Gasteiger partial charge is 0.481 e. The summed E-state index contributed by atoms with van der Waals surface area (Å²) >= 11 is 0. The highest BCUT2D eigenvalue weighted by Crippen LogP contribution is 2.31. The third kappa shape index (κ3) is 4.46. The van der Waals surface area contributed by atoms with Gasteiger partial charge in [0.1, 0.15) is 5.54 Å². The first kappa shape index (κ1) is 21.5. The lowest BCUT2D eigenvalue weighted by Gasteiger charge is -2.29.